The third-order valence-corrected chi connectivity index (χ3v) is 7.37. The van der Waals surface area contributed by atoms with Gasteiger partial charge in [-0.05, 0) is 42.0 Å². The Hall–Kier alpha value is -1.94. The molecule has 1 fully saturated rings. The van der Waals surface area contributed by atoms with Gasteiger partial charge in [-0.2, -0.15) is 0 Å². The average molecular weight is 557 g/mol. The number of hydrogen-bond donors (Lipinski definition) is 5. The summed E-state index contributed by atoms with van der Waals surface area (Å²) in [6.45, 7) is 5.89. The van der Waals surface area contributed by atoms with Crippen LogP contribution in [0.1, 0.15) is 50.7 Å². The molecule has 7 nitrogen and oxygen atoms in total. The molecule has 0 bridgehead atoms. The lowest BCUT2D eigenvalue weighted by Crippen LogP contribution is -2.52. The van der Waals surface area contributed by atoms with E-state index in [1.807, 2.05) is 0 Å². The summed E-state index contributed by atoms with van der Waals surface area (Å²) < 4.78 is 21.3. The minimum absolute atomic E-state index is 0.0765. The van der Waals surface area contributed by atoms with E-state index in [-0.39, 0.29) is 29.0 Å². The second-order valence-electron chi connectivity index (χ2n) is 10.8. The summed E-state index contributed by atoms with van der Waals surface area (Å²) in [4.78, 5) is 13.6. The molecule has 1 aliphatic rings. The summed E-state index contributed by atoms with van der Waals surface area (Å²) in [5, 5.41) is 25.4. The third-order valence-electron chi connectivity index (χ3n) is 6.84. The van der Waals surface area contributed by atoms with Gasteiger partial charge in [-0.1, -0.05) is 62.2 Å². The van der Waals surface area contributed by atoms with Gasteiger partial charge >= 0.3 is 0 Å². The molecule has 0 spiro atoms. The zero-order valence-electron chi connectivity index (χ0n) is 21.5. The van der Waals surface area contributed by atoms with Crippen molar-refractivity contribution in [3.63, 3.8) is 0 Å². The molecule has 2 aromatic carbocycles. The number of carbonyl (C=O) groups excluding carboxylic acids is 1. The maximum Gasteiger partial charge on any atom is 0.237 e. The molecule has 1 heterocycles. The first-order valence-electron chi connectivity index (χ1n) is 12.2. The second kappa shape index (κ2) is 11.8. The lowest BCUT2D eigenvalue weighted by Gasteiger charge is -2.40. The van der Waals surface area contributed by atoms with Gasteiger partial charge in [-0.25, -0.2) is 4.39 Å². The molecule has 0 aliphatic carbocycles. The summed E-state index contributed by atoms with van der Waals surface area (Å²) in [7, 11) is 1.51. The van der Waals surface area contributed by atoms with Crippen LogP contribution in [0.15, 0.2) is 36.4 Å². The van der Waals surface area contributed by atoms with Gasteiger partial charge in [0.15, 0.2) is 0 Å². The largest absolute Gasteiger partial charge is 0.496 e. The molecule has 1 aliphatic heterocycles. The minimum Gasteiger partial charge on any atom is -0.496 e. The Morgan fingerprint density at radius 1 is 1.30 bits per heavy atom. The SMILES string of the molecule is COc1cc(Cl)ccc1C1(N)C(CC(C)(C)C)NC(C(=O)NCCC(O)CO)C1c1cccc(Cl)c1F. The zero-order chi connectivity index (χ0) is 27.5. The molecule has 37 heavy (non-hydrogen) atoms. The average Bonchev–Trinajstić information content (AvgIpc) is 3.11. The van der Waals surface area contributed by atoms with Crippen molar-refractivity contribution >= 4 is 29.1 Å². The van der Waals surface area contributed by atoms with Crippen LogP contribution >= 0.6 is 23.2 Å². The van der Waals surface area contributed by atoms with E-state index in [0.717, 1.165) is 0 Å². The molecular weight excluding hydrogens is 520 g/mol. The molecule has 2 aromatic rings. The van der Waals surface area contributed by atoms with Gasteiger partial charge < -0.3 is 31.3 Å². The maximum absolute atomic E-state index is 15.6. The summed E-state index contributed by atoms with van der Waals surface area (Å²) in [5.41, 5.74) is 6.61. The van der Waals surface area contributed by atoms with Crippen molar-refractivity contribution in [2.45, 2.75) is 63.3 Å². The first kappa shape index (κ1) is 29.6. The smallest absolute Gasteiger partial charge is 0.237 e. The number of nitrogens with one attached hydrogen (secondary N) is 2. The molecule has 204 valence electrons. The highest BCUT2D eigenvalue weighted by molar-refractivity contribution is 6.31. The van der Waals surface area contributed by atoms with E-state index in [4.69, 9.17) is 38.8 Å². The highest BCUT2D eigenvalue weighted by atomic mass is 35.5. The second-order valence-corrected chi connectivity index (χ2v) is 11.6. The molecule has 6 N–H and O–H groups in total. The zero-order valence-corrected chi connectivity index (χ0v) is 23.0. The maximum atomic E-state index is 15.6. The molecule has 1 amide bonds. The van der Waals surface area contributed by atoms with Crippen LogP contribution in [0.5, 0.6) is 5.75 Å². The van der Waals surface area contributed by atoms with Crippen LogP contribution in [0.2, 0.25) is 10.0 Å². The van der Waals surface area contributed by atoms with E-state index in [9.17, 15) is 9.90 Å². The van der Waals surface area contributed by atoms with Crippen molar-refractivity contribution in [1.29, 1.82) is 0 Å². The minimum atomic E-state index is -1.30. The fraction of sp³-hybridized carbons (Fsp3) is 0.519. The summed E-state index contributed by atoms with van der Waals surface area (Å²) in [6.07, 6.45) is -0.241. The van der Waals surface area contributed by atoms with Crippen LogP contribution in [0.3, 0.4) is 0 Å². The predicted molar refractivity (Wildman–Crippen MR) is 144 cm³/mol. The Morgan fingerprint density at radius 3 is 2.62 bits per heavy atom. The number of ether oxygens (including phenoxy) is 1. The molecule has 0 saturated carbocycles. The van der Waals surface area contributed by atoms with Gasteiger partial charge in [0.2, 0.25) is 5.91 Å². The standard InChI is InChI=1S/C27H36Cl2FN3O4/c1-26(2,3)13-21-27(31,18-9-8-15(28)12-20(18)37-4)22(17-6-5-7-19(29)23(17)30)24(33-21)25(36)32-11-10-16(35)14-34/h5-9,12,16,21-22,24,33-35H,10-11,13-14,31H2,1-4H3,(H,32,36). The van der Waals surface area contributed by atoms with E-state index in [1.165, 1.54) is 13.2 Å². The van der Waals surface area contributed by atoms with Crippen molar-refractivity contribution in [3.8, 4) is 5.75 Å². The van der Waals surface area contributed by atoms with Crippen LogP contribution < -0.4 is 21.1 Å². The topological polar surface area (TPSA) is 117 Å². The van der Waals surface area contributed by atoms with Gasteiger partial charge in [-0.3, -0.25) is 4.79 Å². The highest BCUT2D eigenvalue weighted by Gasteiger charge is 2.58. The fourth-order valence-corrected chi connectivity index (χ4v) is 5.49. The molecule has 5 atom stereocenters. The Morgan fingerprint density at radius 2 is 2.00 bits per heavy atom. The number of nitrogens with two attached hydrogens (primary N) is 1. The normalized spacial score (nSPS) is 24.6. The van der Waals surface area contributed by atoms with Crippen LogP contribution in [0, 0.1) is 11.2 Å². The number of amides is 1. The van der Waals surface area contributed by atoms with Crippen molar-refractivity contribution < 1.29 is 24.1 Å². The first-order valence-corrected chi connectivity index (χ1v) is 13.0. The van der Waals surface area contributed by atoms with Gasteiger partial charge in [0, 0.05) is 29.1 Å². The quantitative estimate of drug-likeness (QED) is 0.322. The molecule has 1 saturated heterocycles. The van der Waals surface area contributed by atoms with Crippen LogP contribution in [-0.2, 0) is 10.3 Å². The van der Waals surface area contributed by atoms with Crippen molar-refractivity contribution in [2.24, 2.45) is 11.1 Å². The Kier molecular flexibility index (Phi) is 9.48. The van der Waals surface area contributed by atoms with E-state index >= 15 is 4.39 Å². The van der Waals surface area contributed by atoms with E-state index in [2.05, 4.69) is 31.4 Å². The lowest BCUT2D eigenvalue weighted by molar-refractivity contribution is -0.123. The summed E-state index contributed by atoms with van der Waals surface area (Å²) in [6, 6.07) is 8.36. The summed E-state index contributed by atoms with van der Waals surface area (Å²) in [5.74, 6) is -1.51. The third kappa shape index (κ3) is 6.38. The predicted octanol–water partition coefficient (Wildman–Crippen LogP) is 3.72. The van der Waals surface area contributed by atoms with Crippen molar-refractivity contribution in [2.75, 3.05) is 20.3 Å². The molecule has 10 heteroatoms. The number of rotatable bonds is 9. The Balaban J connectivity index is 2.20. The van der Waals surface area contributed by atoms with E-state index < -0.39 is 48.0 Å². The lowest BCUT2D eigenvalue weighted by atomic mass is 9.68. The van der Waals surface area contributed by atoms with Crippen molar-refractivity contribution in [3.05, 3.63) is 63.4 Å². The number of aliphatic hydroxyl groups is 2. The van der Waals surface area contributed by atoms with Gasteiger partial charge in [0.25, 0.3) is 0 Å². The van der Waals surface area contributed by atoms with Crippen LogP contribution in [0.4, 0.5) is 4.39 Å². The Labute approximate surface area is 227 Å². The summed E-state index contributed by atoms with van der Waals surface area (Å²) >= 11 is 12.4. The Bertz CT molecular complexity index is 1110. The monoisotopic (exact) mass is 555 g/mol. The van der Waals surface area contributed by atoms with Gasteiger partial charge in [0.1, 0.15) is 11.6 Å². The number of benzene rings is 2. The van der Waals surface area contributed by atoms with Gasteiger partial charge in [0.05, 0.1) is 36.4 Å². The van der Waals surface area contributed by atoms with Crippen LogP contribution in [-0.4, -0.2) is 54.6 Å². The number of aliphatic hydroxyl groups excluding tert-OH is 2. The number of hydrogen-bond acceptors (Lipinski definition) is 6. The first-order chi connectivity index (χ1) is 17.3. The molecular formula is C27H36Cl2FN3O4. The molecule has 5 unspecified atom stereocenters. The molecule has 0 aromatic heterocycles. The fourth-order valence-electron chi connectivity index (χ4n) is 5.15. The molecule has 3 rings (SSSR count). The molecule has 0 radical (unpaired) electrons. The number of methoxy groups -OCH3 is 1. The van der Waals surface area contributed by atoms with E-state index in [0.29, 0.717) is 22.8 Å². The van der Waals surface area contributed by atoms with Gasteiger partial charge in [-0.15, -0.1) is 0 Å². The highest BCUT2D eigenvalue weighted by Crippen LogP contribution is 2.51. The van der Waals surface area contributed by atoms with E-state index in [1.54, 1.807) is 30.3 Å². The number of halogens is 3. The number of carbonyl (C=O) groups is 1. The van der Waals surface area contributed by atoms with Crippen LogP contribution in [0.25, 0.3) is 0 Å². The van der Waals surface area contributed by atoms with Crippen molar-refractivity contribution in [1.82, 2.24) is 10.6 Å².